The standard InChI is InChI=1S/C7H5BrO2S2/c8-6-2-4-3(12-6)1-5(11-4)7(9)10/h1-4H,(H,9,10). The SMILES string of the molecule is O=C(O)C1=CC2SC(Br)=CC2S1. The molecular weight excluding hydrogens is 260 g/mol. The van der Waals surface area contributed by atoms with Crippen LogP contribution in [0.1, 0.15) is 0 Å². The van der Waals surface area contributed by atoms with Gasteiger partial charge in [0.1, 0.15) is 0 Å². The Morgan fingerprint density at radius 1 is 1.42 bits per heavy atom. The van der Waals surface area contributed by atoms with Crippen LogP contribution in [0, 0.1) is 0 Å². The van der Waals surface area contributed by atoms with Crippen molar-refractivity contribution in [2.24, 2.45) is 0 Å². The number of carboxylic acid groups (broad SMARTS) is 1. The van der Waals surface area contributed by atoms with E-state index in [1.54, 1.807) is 11.8 Å². The monoisotopic (exact) mass is 264 g/mol. The minimum Gasteiger partial charge on any atom is -0.477 e. The van der Waals surface area contributed by atoms with Crippen LogP contribution >= 0.6 is 39.5 Å². The predicted octanol–water partition coefficient (Wildman–Crippen LogP) is 2.42. The second kappa shape index (κ2) is 3.12. The molecule has 1 N–H and O–H groups in total. The minimum atomic E-state index is -0.806. The molecule has 0 bridgehead atoms. The molecule has 0 amide bonds. The summed E-state index contributed by atoms with van der Waals surface area (Å²) in [5.41, 5.74) is 0. The molecule has 0 fully saturated rings. The molecule has 5 heteroatoms. The van der Waals surface area contributed by atoms with Gasteiger partial charge in [-0.1, -0.05) is 0 Å². The third-order valence-corrected chi connectivity index (χ3v) is 4.98. The highest BCUT2D eigenvalue weighted by atomic mass is 79.9. The molecule has 0 radical (unpaired) electrons. The lowest BCUT2D eigenvalue weighted by Gasteiger charge is -2.02. The minimum absolute atomic E-state index is 0.315. The molecule has 0 saturated heterocycles. The summed E-state index contributed by atoms with van der Waals surface area (Å²) in [4.78, 5) is 11.1. The maximum absolute atomic E-state index is 10.6. The molecule has 0 aromatic carbocycles. The van der Waals surface area contributed by atoms with Crippen LogP contribution in [0.15, 0.2) is 20.9 Å². The molecule has 12 heavy (non-hydrogen) atoms. The van der Waals surface area contributed by atoms with Gasteiger partial charge in [0, 0.05) is 14.3 Å². The van der Waals surface area contributed by atoms with Crippen molar-refractivity contribution in [2.75, 3.05) is 0 Å². The molecule has 0 saturated carbocycles. The number of carbonyl (C=O) groups is 1. The summed E-state index contributed by atoms with van der Waals surface area (Å²) >= 11 is 6.49. The smallest absolute Gasteiger partial charge is 0.341 e. The number of thioether (sulfide) groups is 2. The molecule has 0 aliphatic carbocycles. The highest BCUT2D eigenvalue weighted by Crippen LogP contribution is 2.49. The lowest BCUT2D eigenvalue weighted by atomic mass is 10.3. The number of hydrogen-bond donors (Lipinski definition) is 1. The Balaban J connectivity index is 2.14. The second-order valence-corrected chi connectivity index (χ2v) is 6.29. The fourth-order valence-electron chi connectivity index (χ4n) is 1.15. The van der Waals surface area contributed by atoms with E-state index in [0.717, 1.165) is 3.81 Å². The normalized spacial score (nSPS) is 32.8. The number of halogens is 1. The van der Waals surface area contributed by atoms with Crippen LogP contribution in [0.25, 0.3) is 0 Å². The summed E-state index contributed by atoms with van der Waals surface area (Å²) in [6.45, 7) is 0. The Morgan fingerprint density at radius 3 is 2.67 bits per heavy atom. The van der Waals surface area contributed by atoms with Gasteiger partial charge >= 0.3 is 5.97 Å². The molecule has 0 aromatic rings. The van der Waals surface area contributed by atoms with Gasteiger partial charge < -0.3 is 5.11 Å². The van der Waals surface area contributed by atoms with Gasteiger partial charge in [0.05, 0.1) is 4.91 Å². The number of hydrogen-bond acceptors (Lipinski definition) is 3. The van der Waals surface area contributed by atoms with Gasteiger partial charge in [-0.25, -0.2) is 4.79 Å². The third-order valence-electron chi connectivity index (χ3n) is 1.66. The molecule has 2 nitrogen and oxygen atoms in total. The van der Waals surface area contributed by atoms with E-state index in [-0.39, 0.29) is 0 Å². The number of fused-ring (bicyclic) bond motifs is 1. The summed E-state index contributed by atoms with van der Waals surface area (Å²) < 4.78 is 1.12. The van der Waals surface area contributed by atoms with Crippen LogP contribution in [0.5, 0.6) is 0 Å². The van der Waals surface area contributed by atoms with Gasteiger partial charge in [-0.05, 0) is 28.1 Å². The van der Waals surface area contributed by atoms with Gasteiger partial charge in [-0.15, -0.1) is 23.5 Å². The first-order chi connectivity index (χ1) is 5.66. The van der Waals surface area contributed by atoms with Crippen molar-refractivity contribution in [3.8, 4) is 0 Å². The van der Waals surface area contributed by atoms with Gasteiger partial charge in [0.2, 0.25) is 0 Å². The maximum atomic E-state index is 10.6. The van der Waals surface area contributed by atoms with Crippen LogP contribution in [-0.4, -0.2) is 21.6 Å². The van der Waals surface area contributed by atoms with E-state index in [1.807, 2.05) is 6.08 Å². The van der Waals surface area contributed by atoms with E-state index in [9.17, 15) is 4.79 Å². The van der Waals surface area contributed by atoms with Crippen LogP contribution in [0.4, 0.5) is 0 Å². The Morgan fingerprint density at radius 2 is 2.08 bits per heavy atom. The van der Waals surface area contributed by atoms with E-state index in [1.165, 1.54) is 11.8 Å². The zero-order valence-electron chi connectivity index (χ0n) is 5.86. The van der Waals surface area contributed by atoms with Crippen molar-refractivity contribution in [1.82, 2.24) is 0 Å². The lowest BCUT2D eigenvalue weighted by Crippen LogP contribution is -2.04. The van der Waals surface area contributed by atoms with Gasteiger partial charge in [0.25, 0.3) is 0 Å². The summed E-state index contributed by atoms with van der Waals surface area (Å²) in [5, 5.41) is 9.33. The van der Waals surface area contributed by atoms with Crippen LogP contribution in [0.3, 0.4) is 0 Å². The summed E-state index contributed by atoms with van der Waals surface area (Å²) in [6, 6.07) is 0. The summed E-state index contributed by atoms with van der Waals surface area (Å²) in [7, 11) is 0. The maximum Gasteiger partial charge on any atom is 0.341 e. The first-order valence-electron chi connectivity index (χ1n) is 3.32. The fourth-order valence-corrected chi connectivity index (χ4v) is 4.70. The Kier molecular flexibility index (Phi) is 2.27. The van der Waals surface area contributed by atoms with E-state index in [2.05, 4.69) is 22.0 Å². The fraction of sp³-hybridized carbons (Fsp3) is 0.286. The van der Waals surface area contributed by atoms with Crippen molar-refractivity contribution >= 4 is 45.4 Å². The Bertz CT molecular complexity index is 298. The molecule has 2 atom stereocenters. The molecule has 64 valence electrons. The van der Waals surface area contributed by atoms with Crippen molar-refractivity contribution < 1.29 is 9.90 Å². The average Bonchev–Trinajstić information content (AvgIpc) is 2.42. The number of rotatable bonds is 1. The Hall–Kier alpha value is 0.130. The zero-order chi connectivity index (χ0) is 8.72. The summed E-state index contributed by atoms with van der Waals surface area (Å²) in [6.07, 6.45) is 3.89. The van der Waals surface area contributed by atoms with Crippen LogP contribution in [-0.2, 0) is 4.79 Å². The number of carboxylic acids is 1. The quantitative estimate of drug-likeness (QED) is 0.790. The predicted molar refractivity (Wildman–Crippen MR) is 55.5 cm³/mol. The van der Waals surface area contributed by atoms with Crippen molar-refractivity contribution in [3.05, 3.63) is 20.9 Å². The molecule has 0 aromatic heterocycles. The van der Waals surface area contributed by atoms with Gasteiger partial charge in [0.15, 0.2) is 0 Å². The highest BCUT2D eigenvalue weighted by molar-refractivity contribution is 9.14. The molecule has 2 aliphatic heterocycles. The molecular formula is C7H5BrO2S2. The van der Waals surface area contributed by atoms with Crippen LogP contribution in [0.2, 0.25) is 0 Å². The molecule has 2 unspecified atom stereocenters. The molecule has 2 aliphatic rings. The zero-order valence-corrected chi connectivity index (χ0v) is 9.08. The van der Waals surface area contributed by atoms with E-state index in [4.69, 9.17) is 5.11 Å². The topological polar surface area (TPSA) is 37.3 Å². The van der Waals surface area contributed by atoms with Crippen molar-refractivity contribution in [2.45, 2.75) is 10.5 Å². The second-order valence-electron chi connectivity index (χ2n) is 2.47. The first kappa shape index (κ1) is 8.72. The lowest BCUT2D eigenvalue weighted by molar-refractivity contribution is -0.131. The van der Waals surface area contributed by atoms with Crippen molar-refractivity contribution in [1.29, 1.82) is 0 Å². The Labute approximate surface area is 86.6 Å². The average molecular weight is 265 g/mol. The van der Waals surface area contributed by atoms with E-state index >= 15 is 0 Å². The van der Waals surface area contributed by atoms with Gasteiger partial charge in [-0.2, -0.15) is 0 Å². The number of aliphatic carboxylic acids is 1. The van der Waals surface area contributed by atoms with Crippen molar-refractivity contribution in [3.63, 3.8) is 0 Å². The first-order valence-corrected chi connectivity index (χ1v) is 5.88. The summed E-state index contributed by atoms with van der Waals surface area (Å²) in [5.74, 6) is -0.806. The molecule has 2 rings (SSSR count). The largest absolute Gasteiger partial charge is 0.477 e. The van der Waals surface area contributed by atoms with Crippen LogP contribution < -0.4 is 0 Å². The molecule has 0 spiro atoms. The highest BCUT2D eigenvalue weighted by Gasteiger charge is 2.34. The van der Waals surface area contributed by atoms with E-state index < -0.39 is 5.97 Å². The van der Waals surface area contributed by atoms with Gasteiger partial charge in [-0.3, -0.25) is 0 Å². The van der Waals surface area contributed by atoms with E-state index in [0.29, 0.717) is 15.4 Å². The molecule has 2 heterocycles. The third kappa shape index (κ3) is 1.45.